The van der Waals surface area contributed by atoms with Gasteiger partial charge in [-0.05, 0) is 22.4 Å². The van der Waals surface area contributed by atoms with E-state index in [1.54, 1.807) is 0 Å². The molecular formula is C6H2ClN3O3S. The van der Waals surface area contributed by atoms with E-state index in [4.69, 9.17) is 11.6 Å². The molecule has 1 aromatic heterocycles. The highest BCUT2D eigenvalue weighted by molar-refractivity contribution is 7.61. The lowest BCUT2D eigenvalue weighted by Crippen LogP contribution is -1.73. The van der Waals surface area contributed by atoms with Crippen LogP contribution in [0.3, 0.4) is 0 Å². The first kappa shape index (κ1) is 9.10. The summed E-state index contributed by atoms with van der Waals surface area (Å²) < 4.78 is 28.4. The van der Waals surface area contributed by atoms with Gasteiger partial charge in [0.25, 0.3) is 0 Å². The molecule has 0 fully saturated rings. The first-order valence-electron chi connectivity index (χ1n) is 3.40. The van der Waals surface area contributed by atoms with Gasteiger partial charge in [0, 0.05) is 0 Å². The van der Waals surface area contributed by atoms with Crippen molar-refractivity contribution in [3.63, 3.8) is 0 Å². The molecule has 0 unspecified atom stereocenters. The molecule has 0 radical (unpaired) electrons. The highest BCUT2D eigenvalue weighted by atomic mass is 35.5. The number of nitrogens with zero attached hydrogens (tertiary/aromatic N) is 3. The zero-order chi connectivity index (χ0) is 10.1. The van der Waals surface area contributed by atoms with Gasteiger partial charge in [-0.25, -0.2) is 4.63 Å². The normalized spacial score (nSPS) is 10.4. The summed E-state index contributed by atoms with van der Waals surface area (Å²) in [6.07, 6.45) is 0. The molecule has 0 aliphatic carbocycles. The first-order chi connectivity index (χ1) is 6.68. The average molecular weight is 232 g/mol. The Hall–Kier alpha value is -1.47. The molecule has 0 aliphatic heterocycles. The molecule has 0 bridgehead atoms. The summed E-state index contributed by atoms with van der Waals surface area (Å²) >= 11 is 5.75. The molecule has 6 nitrogen and oxygen atoms in total. The number of aromatic nitrogens is 2. The van der Waals surface area contributed by atoms with E-state index in [2.05, 4.69) is 19.3 Å². The largest absolute Gasteiger partial charge is 0.316 e. The molecule has 8 heteroatoms. The van der Waals surface area contributed by atoms with E-state index in [1.807, 2.05) is 0 Å². The maximum Gasteiger partial charge on any atom is 0.316 e. The summed E-state index contributed by atoms with van der Waals surface area (Å²) in [4.78, 5) is 0. The van der Waals surface area contributed by atoms with Crippen molar-refractivity contribution in [2.45, 2.75) is 0 Å². The van der Waals surface area contributed by atoms with Crippen molar-refractivity contribution in [1.82, 2.24) is 10.3 Å². The lowest BCUT2D eigenvalue weighted by atomic mass is 10.3. The zero-order valence-corrected chi connectivity index (χ0v) is 8.08. The molecule has 0 saturated heterocycles. The highest BCUT2D eigenvalue weighted by Crippen LogP contribution is 2.28. The molecule has 0 spiro atoms. The van der Waals surface area contributed by atoms with Crippen LogP contribution < -0.4 is 0 Å². The van der Waals surface area contributed by atoms with Crippen LogP contribution >= 0.6 is 11.6 Å². The Morgan fingerprint density at radius 3 is 2.71 bits per heavy atom. The SMILES string of the molecule is O=S(=O)=Nc1ccc(Cl)c2nonc12. The molecule has 14 heavy (non-hydrogen) atoms. The fourth-order valence-electron chi connectivity index (χ4n) is 0.977. The molecule has 1 aromatic carbocycles. The van der Waals surface area contributed by atoms with Gasteiger partial charge in [-0.15, -0.1) is 4.36 Å². The predicted molar refractivity (Wildman–Crippen MR) is 47.8 cm³/mol. The maximum atomic E-state index is 10.3. The van der Waals surface area contributed by atoms with Crippen LogP contribution in [0.25, 0.3) is 11.0 Å². The summed E-state index contributed by atoms with van der Waals surface area (Å²) in [6.45, 7) is 0. The lowest BCUT2D eigenvalue weighted by Gasteiger charge is -1.90. The minimum Gasteiger partial charge on any atom is -0.243 e. The van der Waals surface area contributed by atoms with Crippen LogP contribution in [-0.2, 0) is 10.5 Å². The van der Waals surface area contributed by atoms with E-state index in [1.165, 1.54) is 12.1 Å². The van der Waals surface area contributed by atoms with Crippen molar-refractivity contribution in [2.24, 2.45) is 4.36 Å². The second kappa shape index (κ2) is 3.35. The quantitative estimate of drug-likeness (QED) is 0.744. The smallest absolute Gasteiger partial charge is 0.243 e. The van der Waals surface area contributed by atoms with Crippen LogP contribution in [0.5, 0.6) is 0 Å². The molecule has 0 atom stereocenters. The number of rotatable bonds is 1. The number of hydrogen-bond acceptors (Lipinski definition) is 6. The van der Waals surface area contributed by atoms with Crippen LogP contribution in [0.4, 0.5) is 5.69 Å². The molecule has 2 rings (SSSR count). The number of fused-ring (bicyclic) bond motifs is 1. The maximum absolute atomic E-state index is 10.3. The third kappa shape index (κ3) is 1.47. The fourth-order valence-corrected chi connectivity index (χ4v) is 1.47. The minimum atomic E-state index is -2.54. The minimum absolute atomic E-state index is 0.152. The molecule has 72 valence electrons. The monoisotopic (exact) mass is 231 g/mol. The molecule has 0 aliphatic rings. The van der Waals surface area contributed by atoms with Crippen LogP contribution in [0.2, 0.25) is 5.02 Å². The van der Waals surface area contributed by atoms with Gasteiger partial charge < -0.3 is 0 Å². The fraction of sp³-hybridized carbons (Fsp3) is 0. The van der Waals surface area contributed by atoms with Gasteiger partial charge in [-0.1, -0.05) is 11.6 Å². The summed E-state index contributed by atoms with van der Waals surface area (Å²) in [6, 6.07) is 2.89. The van der Waals surface area contributed by atoms with E-state index in [0.29, 0.717) is 10.5 Å². The zero-order valence-electron chi connectivity index (χ0n) is 6.51. The Balaban J connectivity index is 2.86. The van der Waals surface area contributed by atoms with Crippen molar-refractivity contribution in [3.05, 3.63) is 17.2 Å². The van der Waals surface area contributed by atoms with E-state index in [9.17, 15) is 8.42 Å². The van der Waals surface area contributed by atoms with Crippen molar-refractivity contribution >= 4 is 38.8 Å². The highest BCUT2D eigenvalue weighted by Gasteiger charge is 2.09. The molecule has 0 N–H and O–H groups in total. The van der Waals surface area contributed by atoms with Gasteiger partial charge in [-0.3, -0.25) is 0 Å². The summed E-state index contributed by atoms with van der Waals surface area (Å²) in [5, 5.41) is 7.33. The van der Waals surface area contributed by atoms with Gasteiger partial charge in [-0.2, -0.15) is 8.42 Å². The lowest BCUT2D eigenvalue weighted by molar-refractivity contribution is 0.315. The third-order valence-electron chi connectivity index (χ3n) is 1.52. The van der Waals surface area contributed by atoms with Gasteiger partial charge in [0.2, 0.25) is 0 Å². The Morgan fingerprint density at radius 2 is 2.00 bits per heavy atom. The third-order valence-corrected chi connectivity index (χ3v) is 2.17. The number of benzene rings is 1. The van der Waals surface area contributed by atoms with E-state index >= 15 is 0 Å². The average Bonchev–Trinajstić information content (AvgIpc) is 2.58. The van der Waals surface area contributed by atoms with Gasteiger partial charge in [0.05, 0.1) is 5.02 Å². The van der Waals surface area contributed by atoms with Crippen molar-refractivity contribution in [3.8, 4) is 0 Å². The second-order valence-electron chi connectivity index (χ2n) is 2.34. The molecule has 2 aromatic rings. The van der Waals surface area contributed by atoms with Crippen LogP contribution in [0.15, 0.2) is 21.1 Å². The first-order valence-corrected chi connectivity index (χ1v) is 4.81. The van der Waals surface area contributed by atoms with Crippen LogP contribution in [-0.4, -0.2) is 18.7 Å². The van der Waals surface area contributed by atoms with Crippen molar-refractivity contribution in [2.75, 3.05) is 0 Å². The van der Waals surface area contributed by atoms with Crippen LogP contribution in [0, 0.1) is 0 Å². The number of hydrogen-bond donors (Lipinski definition) is 0. The summed E-state index contributed by atoms with van der Waals surface area (Å²) in [5.41, 5.74) is 0.666. The summed E-state index contributed by atoms with van der Waals surface area (Å²) in [5.74, 6) is 0. The Labute approximate surface area is 84.1 Å². The van der Waals surface area contributed by atoms with Crippen LogP contribution in [0.1, 0.15) is 0 Å². The summed E-state index contributed by atoms with van der Waals surface area (Å²) in [7, 11) is -2.54. The van der Waals surface area contributed by atoms with E-state index in [0.717, 1.165) is 0 Å². The van der Waals surface area contributed by atoms with E-state index in [-0.39, 0.29) is 11.2 Å². The molecule has 0 amide bonds. The Kier molecular flexibility index (Phi) is 2.18. The van der Waals surface area contributed by atoms with E-state index < -0.39 is 10.5 Å². The standard InChI is InChI=1S/C6H2ClN3O3S/c7-3-1-2-4(10-14(11)12)6-5(3)8-13-9-6/h1-2H. The number of halogens is 1. The van der Waals surface area contributed by atoms with Gasteiger partial charge >= 0.3 is 10.5 Å². The Bertz CT molecular complexity index is 610. The van der Waals surface area contributed by atoms with Gasteiger partial charge in [0.15, 0.2) is 11.0 Å². The van der Waals surface area contributed by atoms with Crippen molar-refractivity contribution < 1.29 is 13.0 Å². The molecular weight excluding hydrogens is 230 g/mol. The Morgan fingerprint density at radius 1 is 1.29 bits per heavy atom. The topological polar surface area (TPSA) is 85.4 Å². The predicted octanol–water partition coefficient (Wildman–Crippen LogP) is 1.57. The van der Waals surface area contributed by atoms with Crippen molar-refractivity contribution in [1.29, 1.82) is 0 Å². The molecule has 0 saturated carbocycles. The van der Waals surface area contributed by atoms with Gasteiger partial charge in [0.1, 0.15) is 5.69 Å². The second-order valence-corrected chi connectivity index (χ2v) is 3.36. The molecule has 1 heterocycles.